The minimum absolute atomic E-state index is 0.0666. The molecule has 0 saturated heterocycles. The molecule has 1 aliphatic carbocycles. The third kappa shape index (κ3) is 3.93. The van der Waals surface area contributed by atoms with Gasteiger partial charge in [0.1, 0.15) is 5.82 Å². The van der Waals surface area contributed by atoms with Crippen LogP contribution in [0.2, 0.25) is 0 Å². The lowest BCUT2D eigenvalue weighted by atomic mass is 9.74. The van der Waals surface area contributed by atoms with Crippen molar-refractivity contribution in [2.45, 2.75) is 37.8 Å². The average molecular weight is 345 g/mol. The molecule has 1 aromatic carbocycles. The molecule has 0 aliphatic heterocycles. The first-order valence-electron chi connectivity index (χ1n) is 6.65. The third-order valence-corrected chi connectivity index (χ3v) is 4.11. The van der Waals surface area contributed by atoms with E-state index in [1.54, 1.807) is 6.07 Å². The van der Waals surface area contributed by atoms with E-state index < -0.39 is 0 Å². The van der Waals surface area contributed by atoms with Gasteiger partial charge in [0.2, 0.25) is 0 Å². The molecule has 1 fully saturated rings. The summed E-state index contributed by atoms with van der Waals surface area (Å²) in [5, 5.41) is 14.7. The van der Waals surface area contributed by atoms with Crippen molar-refractivity contribution >= 4 is 22.0 Å². The standard InChI is InChI=1S/C14H18BrFN2O2/c15-11-6-10(7-12(16)8-11)9-17-13(20)18-14(4-5-19)2-1-3-14/h6-8,19H,1-5,9H2,(H2,17,18,20). The molecular weight excluding hydrogens is 327 g/mol. The fraction of sp³-hybridized carbons (Fsp3) is 0.500. The number of hydrogen-bond donors (Lipinski definition) is 3. The number of rotatable bonds is 5. The van der Waals surface area contributed by atoms with E-state index in [1.165, 1.54) is 12.1 Å². The average Bonchev–Trinajstić information content (AvgIpc) is 2.33. The molecule has 1 saturated carbocycles. The van der Waals surface area contributed by atoms with Crippen LogP contribution in [0.25, 0.3) is 0 Å². The first kappa shape index (κ1) is 15.3. The molecule has 6 heteroatoms. The highest BCUT2D eigenvalue weighted by Gasteiger charge is 2.37. The second-order valence-electron chi connectivity index (χ2n) is 5.19. The lowest BCUT2D eigenvalue weighted by Gasteiger charge is -2.42. The molecule has 4 nitrogen and oxygen atoms in total. The fourth-order valence-electron chi connectivity index (χ4n) is 2.44. The van der Waals surface area contributed by atoms with Gasteiger partial charge in [-0.25, -0.2) is 9.18 Å². The van der Waals surface area contributed by atoms with Crippen molar-refractivity contribution in [2.24, 2.45) is 0 Å². The summed E-state index contributed by atoms with van der Waals surface area (Å²) in [7, 11) is 0. The van der Waals surface area contributed by atoms with E-state index in [-0.39, 0.29) is 30.5 Å². The van der Waals surface area contributed by atoms with Gasteiger partial charge in [0.25, 0.3) is 0 Å². The maximum Gasteiger partial charge on any atom is 0.315 e. The minimum Gasteiger partial charge on any atom is -0.396 e. The Labute approximate surface area is 125 Å². The van der Waals surface area contributed by atoms with Crippen LogP contribution in [0.4, 0.5) is 9.18 Å². The normalized spacial score (nSPS) is 16.4. The van der Waals surface area contributed by atoms with Crippen molar-refractivity contribution in [1.29, 1.82) is 0 Å². The molecule has 0 atom stereocenters. The van der Waals surface area contributed by atoms with Crippen molar-refractivity contribution in [2.75, 3.05) is 6.61 Å². The Bertz CT molecular complexity index is 472. The van der Waals surface area contributed by atoms with E-state index in [0.29, 0.717) is 16.5 Å². The highest BCUT2D eigenvalue weighted by Crippen LogP contribution is 2.34. The molecule has 2 rings (SSSR count). The SMILES string of the molecule is O=C(NCc1cc(F)cc(Br)c1)NC1(CCO)CCC1. The highest BCUT2D eigenvalue weighted by atomic mass is 79.9. The zero-order valence-corrected chi connectivity index (χ0v) is 12.7. The monoisotopic (exact) mass is 344 g/mol. The molecule has 20 heavy (non-hydrogen) atoms. The Hall–Kier alpha value is -1.14. The summed E-state index contributed by atoms with van der Waals surface area (Å²) < 4.78 is 13.8. The molecule has 0 aromatic heterocycles. The zero-order valence-electron chi connectivity index (χ0n) is 11.1. The first-order valence-corrected chi connectivity index (χ1v) is 7.44. The Kier molecular flexibility index (Phi) is 4.99. The van der Waals surface area contributed by atoms with E-state index in [1.807, 2.05) is 0 Å². The Morgan fingerprint density at radius 3 is 2.70 bits per heavy atom. The van der Waals surface area contributed by atoms with Crippen molar-refractivity contribution in [3.8, 4) is 0 Å². The van der Waals surface area contributed by atoms with Gasteiger partial charge in [0, 0.05) is 23.2 Å². The van der Waals surface area contributed by atoms with E-state index >= 15 is 0 Å². The molecule has 0 radical (unpaired) electrons. The fourth-order valence-corrected chi connectivity index (χ4v) is 2.95. The summed E-state index contributed by atoms with van der Waals surface area (Å²) in [6, 6.07) is 4.24. The van der Waals surface area contributed by atoms with Crippen molar-refractivity contribution in [3.05, 3.63) is 34.1 Å². The molecule has 0 spiro atoms. The van der Waals surface area contributed by atoms with Crippen LogP contribution in [0.5, 0.6) is 0 Å². The van der Waals surface area contributed by atoms with Crippen LogP contribution in [0, 0.1) is 5.82 Å². The predicted octanol–water partition coefficient (Wildman–Crippen LogP) is 2.69. The molecule has 110 valence electrons. The van der Waals surface area contributed by atoms with E-state index in [0.717, 1.165) is 19.3 Å². The second-order valence-corrected chi connectivity index (χ2v) is 6.11. The van der Waals surface area contributed by atoms with Crippen LogP contribution in [-0.2, 0) is 6.54 Å². The number of aliphatic hydroxyl groups excluding tert-OH is 1. The number of benzene rings is 1. The summed E-state index contributed by atoms with van der Waals surface area (Å²) >= 11 is 3.21. The number of amides is 2. The van der Waals surface area contributed by atoms with Gasteiger partial charge in [-0.15, -0.1) is 0 Å². The third-order valence-electron chi connectivity index (χ3n) is 3.66. The van der Waals surface area contributed by atoms with Gasteiger partial charge < -0.3 is 15.7 Å². The number of urea groups is 1. The Morgan fingerprint density at radius 1 is 1.40 bits per heavy atom. The summed E-state index contributed by atoms with van der Waals surface area (Å²) in [6.07, 6.45) is 3.43. The van der Waals surface area contributed by atoms with E-state index in [4.69, 9.17) is 5.11 Å². The molecule has 0 bridgehead atoms. The molecule has 2 amide bonds. The first-order chi connectivity index (χ1) is 9.53. The van der Waals surface area contributed by atoms with Crippen LogP contribution in [0.15, 0.2) is 22.7 Å². The zero-order chi connectivity index (χ0) is 14.6. The Balaban J connectivity index is 1.85. The van der Waals surface area contributed by atoms with Gasteiger partial charge in [0.05, 0.1) is 0 Å². The lowest BCUT2D eigenvalue weighted by molar-refractivity contribution is 0.135. The molecule has 1 aromatic rings. The topological polar surface area (TPSA) is 61.4 Å². The number of aliphatic hydroxyl groups is 1. The van der Waals surface area contributed by atoms with E-state index in [2.05, 4.69) is 26.6 Å². The summed E-state index contributed by atoms with van der Waals surface area (Å²) in [5.74, 6) is -0.340. The van der Waals surface area contributed by atoms with Crippen molar-refractivity contribution in [3.63, 3.8) is 0 Å². The summed E-state index contributed by atoms with van der Waals surface area (Å²) in [5.41, 5.74) is 0.429. The lowest BCUT2D eigenvalue weighted by Crippen LogP contribution is -2.56. The number of nitrogens with one attached hydrogen (secondary N) is 2. The summed E-state index contributed by atoms with van der Waals surface area (Å²) in [6.45, 7) is 0.328. The number of halogens is 2. The number of hydrogen-bond acceptors (Lipinski definition) is 2. The maximum absolute atomic E-state index is 13.2. The quantitative estimate of drug-likeness (QED) is 0.768. The minimum atomic E-state index is -0.340. The van der Waals surface area contributed by atoms with Crippen LogP contribution < -0.4 is 10.6 Å². The molecule has 1 aliphatic rings. The van der Waals surface area contributed by atoms with Gasteiger partial charge in [-0.05, 0) is 49.4 Å². The largest absolute Gasteiger partial charge is 0.396 e. The van der Waals surface area contributed by atoms with Gasteiger partial charge in [0.15, 0.2) is 0 Å². The molecule has 0 heterocycles. The second kappa shape index (κ2) is 6.54. The van der Waals surface area contributed by atoms with Crippen LogP contribution in [0.3, 0.4) is 0 Å². The van der Waals surface area contributed by atoms with Crippen LogP contribution in [0.1, 0.15) is 31.2 Å². The molecule has 0 unspecified atom stereocenters. The number of carbonyl (C=O) groups is 1. The Morgan fingerprint density at radius 2 is 2.15 bits per heavy atom. The summed E-state index contributed by atoms with van der Waals surface area (Å²) in [4.78, 5) is 11.9. The van der Waals surface area contributed by atoms with E-state index in [9.17, 15) is 9.18 Å². The smallest absolute Gasteiger partial charge is 0.315 e. The van der Waals surface area contributed by atoms with Gasteiger partial charge in [-0.1, -0.05) is 15.9 Å². The van der Waals surface area contributed by atoms with Crippen LogP contribution in [-0.4, -0.2) is 23.3 Å². The van der Waals surface area contributed by atoms with Gasteiger partial charge >= 0.3 is 6.03 Å². The van der Waals surface area contributed by atoms with Crippen molar-refractivity contribution < 1.29 is 14.3 Å². The highest BCUT2D eigenvalue weighted by molar-refractivity contribution is 9.10. The van der Waals surface area contributed by atoms with Crippen LogP contribution >= 0.6 is 15.9 Å². The molecular formula is C14H18BrFN2O2. The molecule has 3 N–H and O–H groups in total. The van der Waals surface area contributed by atoms with Gasteiger partial charge in [-0.2, -0.15) is 0 Å². The maximum atomic E-state index is 13.2. The van der Waals surface area contributed by atoms with Gasteiger partial charge in [-0.3, -0.25) is 0 Å². The number of carbonyl (C=O) groups excluding carboxylic acids is 1. The predicted molar refractivity (Wildman–Crippen MR) is 77.8 cm³/mol. The van der Waals surface area contributed by atoms with Crippen molar-refractivity contribution in [1.82, 2.24) is 10.6 Å².